The van der Waals surface area contributed by atoms with Crippen LogP contribution in [0.3, 0.4) is 0 Å². The highest BCUT2D eigenvalue weighted by Crippen LogP contribution is 2.29. The predicted molar refractivity (Wildman–Crippen MR) is 76.6 cm³/mol. The van der Waals surface area contributed by atoms with Gasteiger partial charge in [0.25, 0.3) is 0 Å². The quantitative estimate of drug-likeness (QED) is 0.666. The summed E-state index contributed by atoms with van der Waals surface area (Å²) in [5, 5.41) is 0. The van der Waals surface area contributed by atoms with Crippen molar-refractivity contribution in [1.29, 1.82) is 0 Å². The Balaban J connectivity index is 2.53. The average molecular weight is 323 g/mol. The van der Waals surface area contributed by atoms with E-state index in [2.05, 4.69) is 31.3 Å². The van der Waals surface area contributed by atoms with Crippen molar-refractivity contribution >= 4 is 15.9 Å². The number of benzene rings is 1. The Morgan fingerprint density at radius 3 is 2.74 bits per heavy atom. The minimum Gasteiger partial charge on any atom is -0.480 e. The standard InChI is InChI=1S/C13H15BrN4O/c1-8-3-4-9(14)7-10(8)11(18-15)12-13(19-2)17-6-5-16-12/h3-7,11,18H,15H2,1-2H3. The zero-order valence-corrected chi connectivity index (χ0v) is 12.3. The van der Waals surface area contributed by atoms with Crippen LogP contribution in [0.4, 0.5) is 0 Å². The van der Waals surface area contributed by atoms with Crippen LogP contribution in [0.1, 0.15) is 22.9 Å². The van der Waals surface area contributed by atoms with E-state index in [9.17, 15) is 0 Å². The Morgan fingerprint density at radius 2 is 2.05 bits per heavy atom. The molecule has 2 aromatic rings. The number of aromatic nitrogens is 2. The fraction of sp³-hybridized carbons (Fsp3) is 0.231. The van der Waals surface area contributed by atoms with E-state index in [0.717, 1.165) is 15.6 Å². The molecule has 0 aliphatic rings. The number of halogens is 1. The van der Waals surface area contributed by atoms with Gasteiger partial charge >= 0.3 is 0 Å². The van der Waals surface area contributed by atoms with Gasteiger partial charge in [-0.2, -0.15) is 0 Å². The summed E-state index contributed by atoms with van der Waals surface area (Å²) in [5.41, 5.74) is 5.57. The summed E-state index contributed by atoms with van der Waals surface area (Å²) in [6, 6.07) is 5.74. The first-order chi connectivity index (χ1) is 9.17. The van der Waals surface area contributed by atoms with E-state index in [4.69, 9.17) is 10.6 Å². The summed E-state index contributed by atoms with van der Waals surface area (Å²) in [6.45, 7) is 2.02. The summed E-state index contributed by atoms with van der Waals surface area (Å²) >= 11 is 3.47. The minimum atomic E-state index is -0.277. The Kier molecular flexibility index (Phi) is 4.47. The summed E-state index contributed by atoms with van der Waals surface area (Å²) < 4.78 is 6.22. The molecule has 1 unspecified atom stereocenters. The van der Waals surface area contributed by atoms with Crippen LogP contribution in [0.15, 0.2) is 35.1 Å². The molecule has 1 atom stereocenters. The molecule has 1 heterocycles. The maximum absolute atomic E-state index is 5.69. The molecule has 0 bridgehead atoms. The van der Waals surface area contributed by atoms with Gasteiger partial charge in [0, 0.05) is 16.9 Å². The van der Waals surface area contributed by atoms with Crippen molar-refractivity contribution in [1.82, 2.24) is 15.4 Å². The van der Waals surface area contributed by atoms with Gasteiger partial charge in [0.2, 0.25) is 5.88 Å². The minimum absolute atomic E-state index is 0.277. The van der Waals surface area contributed by atoms with Gasteiger partial charge in [-0.05, 0) is 30.2 Å². The van der Waals surface area contributed by atoms with Gasteiger partial charge in [0.15, 0.2) is 0 Å². The van der Waals surface area contributed by atoms with Crippen LogP contribution < -0.4 is 16.0 Å². The lowest BCUT2D eigenvalue weighted by atomic mass is 9.99. The molecule has 1 aromatic heterocycles. The molecule has 0 radical (unpaired) electrons. The number of aryl methyl sites for hydroxylation is 1. The van der Waals surface area contributed by atoms with Crippen molar-refractivity contribution < 1.29 is 4.74 Å². The van der Waals surface area contributed by atoms with Gasteiger partial charge in [0.05, 0.1) is 13.2 Å². The molecule has 0 spiro atoms. The van der Waals surface area contributed by atoms with Crippen molar-refractivity contribution in [3.63, 3.8) is 0 Å². The van der Waals surface area contributed by atoms with E-state index in [0.29, 0.717) is 11.6 Å². The zero-order chi connectivity index (χ0) is 13.8. The Morgan fingerprint density at radius 1 is 1.32 bits per heavy atom. The van der Waals surface area contributed by atoms with Crippen LogP contribution in [0, 0.1) is 6.92 Å². The molecule has 19 heavy (non-hydrogen) atoms. The molecule has 2 rings (SSSR count). The molecule has 0 saturated heterocycles. The SMILES string of the molecule is COc1nccnc1C(NN)c1cc(Br)ccc1C. The number of hydrogen-bond acceptors (Lipinski definition) is 5. The van der Waals surface area contributed by atoms with Crippen molar-refractivity contribution in [2.75, 3.05) is 7.11 Å². The van der Waals surface area contributed by atoms with Crippen molar-refractivity contribution in [2.24, 2.45) is 5.84 Å². The smallest absolute Gasteiger partial charge is 0.237 e. The third-order valence-electron chi connectivity index (χ3n) is 2.88. The Hall–Kier alpha value is -1.50. The van der Waals surface area contributed by atoms with Gasteiger partial charge in [-0.1, -0.05) is 22.0 Å². The lowest BCUT2D eigenvalue weighted by Gasteiger charge is -2.19. The van der Waals surface area contributed by atoms with E-state index < -0.39 is 0 Å². The molecule has 0 saturated carbocycles. The van der Waals surface area contributed by atoms with E-state index in [1.807, 2.05) is 25.1 Å². The van der Waals surface area contributed by atoms with Crippen molar-refractivity contribution in [3.8, 4) is 5.88 Å². The van der Waals surface area contributed by atoms with Gasteiger partial charge < -0.3 is 4.74 Å². The normalized spacial score (nSPS) is 12.2. The molecule has 0 aliphatic heterocycles. The first-order valence-corrected chi connectivity index (χ1v) is 6.53. The maximum Gasteiger partial charge on any atom is 0.237 e. The fourth-order valence-corrected chi connectivity index (χ4v) is 2.31. The highest BCUT2D eigenvalue weighted by molar-refractivity contribution is 9.10. The third-order valence-corrected chi connectivity index (χ3v) is 3.37. The van der Waals surface area contributed by atoms with Gasteiger partial charge in [-0.25, -0.2) is 10.4 Å². The number of ether oxygens (including phenoxy) is 1. The largest absolute Gasteiger partial charge is 0.480 e. The second-order valence-electron chi connectivity index (χ2n) is 4.05. The Bertz CT molecular complexity index is 576. The molecule has 100 valence electrons. The number of rotatable bonds is 4. The molecule has 6 heteroatoms. The molecule has 3 N–H and O–H groups in total. The molecular formula is C13H15BrN4O. The van der Waals surface area contributed by atoms with E-state index in [1.165, 1.54) is 0 Å². The van der Waals surface area contributed by atoms with Crippen LogP contribution in [-0.2, 0) is 0 Å². The van der Waals surface area contributed by atoms with Crippen LogP contribution in [0.2, 0.25) is 0 Å². The number of nitrogens with two attached hydrogens (primary N) is 1. The molecule has 0 amide bonds. The highest BCUT2D eigenvalue weighted by Gasteiger charge is 2.21. The van der Waals surface area contributed by atoms with E-state index in [1.54, 1.807) is 19.5 Å². The fourth-order valence-electron chi connectivity index (χ4n) is 1.93. The van der Waals surface area contributed by atoms with Gasteiger partial charge in [-0.15, -0.1) is 0 Å². The zero-order valence-electron chi connectivity index (χ0n) is 10.7. The summed E-state index contributed by atoms with van der Waals surface area (Å²) in [7, 11) is 1.56. The second kappa shape index (κ2) is 6.10. The summed E-state index contributed by atoms with van der Waals surface area (Å²) in [5.74, 6) is 6.15. The summed E-state index contributed by atoms with van der Waals surface area (Å²) in [4.78, 5) is 8.47. The molecule has 0 fully saturated rings. The number of hydrazine groups is 1. The molecule has 5 nitrogen and oxygen atoms in total. The van der Waals surface area contributed by atoms with Gasteiger partial charge in [-0.3, -0.25) is 10.8 Å². The number of hydrogen-bond donors (Lipinski definition) is 2. The predicted octanol–water partition coefficient (Wildman–Crippen LogP) is 2.11. The monoisotopic (exact) mass is 322 g/mol. The maximum atomic E-state index is 5.69. The molecule has 0 aliphatic carbocycles. The first kappa shape index (κ1) is 13.9. The average Bonchev–Trinajstić information content (AvgIpc) is 2.44. The van der Waals surface area contributed by atoms with Crippen LogP contribution in [0.25, 0.3) is 0 Å². The number of nitrogens with zero attached hydrogens (tertiary/aromatic N) is 2. The Labute approximate surface area is 120 Å². The highest BCUT2D eigenvalue weighted by atomic mass is 79.9. The first-order valence-electron chi connectivity index (χ1n) is 5.74. The van der Waals surface area contributed by atoms with E-state index in [-0.39, 0.29) is 6.04 Å². The van der Waals surface area contributed by atoms with Crippen molar-refractivity contribution in [3.05, 3.63) is 51.9 Å². The van der Waals surface area contributed by atoms with E-state index >= 15 is 0 Å². The van der Waals surface area contributed by atoms with Crippen LogP contribution in [-0.4, -0.2) is 17.1 Å². The topological polar surface area (TPSA) is 73.1 Å². The van der Waals surface area contributed by atoms with Crippen molar-refractivity contribution in [2.45, 2.75) is 13.0 Å². The number of methoxy groups -OCH3 is 1. The van der Waals surface area contributed by atoms with Crippen LogP contribution >= 0.6 is 15.9 Å². The second-order valence-corrected chi connectivity index (χ2v) is 4.97. The lowest BCUT2D eigenvalue weighted by Crippen LogP contribution is -2.30. The summed E-state index contributed by atoms with van der Waals surface area (Å²) in [6.07, 6.45) is 3.21. The molecule has 1 aromatic carbocycles. The van der Waals surface area contributed by atoms with Gasteiger partial charge in [0.1, 0.15) is 5.69 Å². The third kappa shape index (κ3) is 2.91. The van der Waals surface area contributed by atoms with Crippen LogP contribution in [0.5, 0.6) is 5.88 Å². The molecular weight excluding hydrogens is 308 g/mol. The number of nitrogens with one attached hydrogen (secondary N) is 1. The lowest BCUT2D eigenvalue weighted by molar-refractivity contribution is 0.383.